The summed E-state index contributed by atoms with van der Waals surface area (Å²) in [5, 5.41) is 5.18. The second-order valence-electron chi connectivity index (χ2n) is 5.74. The number of carbonyl (C=O) groups excluding carboxylic acids is 1. The minimum atomic E-state index is -0.0867. The van der Waals surface area contributed by atoms with E-state index in [-0.39, 0.29) is 5.91 Å². The molecule has 24 heavy (non-hydrogen) atoms. The molecule has 122 valence electrons. The molecule has 0 saturated carbocycles. The highest BCUT2D eigenvalue weighted by Gasteiger charge is 2.08. The van der Waals surface area contributed by atoms with Crippen LogP contribution in [0.2, 0.25) is 0 Å². The fourth-order valence-corrected chi connectivity index (χ4v) is 2.88. The summed E-state index contributed by atoms with van der Waals surface area (Å²) >= 11 is 0. The van der Waals surface area contributed by atoms with E-state index in [0.717, 1.165) is 29.5 Å². The molecular formula is C21H22N2O. The average molecular weight is 318 g/mol. The first-order valence-electron chi connectivity index (χ1n) is 8.36. The number of hydrogen-bond donors (Lipinski definition) is 1. The van der Waals surface area contributed by atoms with Crippen molar-refractivity contribution in [2.75, 3.05) is 23.3 Å². The Bertz CT molecular complexity index is 836. The Kier molecular flexibility index (Phi) is 4.80. The number of fused-ring (bicyclic) bond motifs is 1. The zero-order valence-corrected chi connectivity index (χ0v) is 14.1. The van der Waals surface area contributed by atoms with E-state index in [1.54, 1.807) is 0 Å². The SMILES string of the molecule is CCN(CC)c1ccc(NC(=O)c2ccc3ccccc3c2)cc1. The van der Waals surface area contributed by atoms with Gasteiger partial charge in [-0.1, -0.05) is 30.3 Å². The predicted molar refractivity (Wildman–Crippen MR) is 102 cm³/mol. The van der Waals surface area contributed by atoms with Gasteiger partial charge < -0.3 is 10.2 Å². The molecule has 0 atom stereocenters. The lowest BCUT2D eigenvalue weighted by Gasteiger charge is -2.21. The van der Waals surface area contributed by atoms with Gasteiger partial charge in [-0.3, -0.25) is 4.79 Å². The van der Waals surface area contributed by atoms with Crippen LogP contribution in [0.5, 0.6) is 0 Å². The molecule has 3 aromatic carbocycles. The van der Waals surface area contributed by atoms with Gasteiger partial charge in [0.25, 0.3) is 5.91 Å². The molecule has 0 fully saturated rings. The molecule has 3 rings (SSSR count). The van der Waals surface area contributed by atoms with Crippen LogP contribution in [0.25, 0.3) is 10.8 Å². The number of carbonyl (C=O) groups is 1. The average Bonchev–Trinajstić information content (AvgIpc) is 2.63. The van der Waals surface area contributed by atoms with Crippen molar-refractivity contribution < 1.29 is 4.79 Å². The number of rotatable bonds is 5. The Hall–Kier alpha value is -2.81. The molecule has 0 aliphatic carbocycles. The molecule has 1 amide bonds. The second-order valence-corrected chi connectivity index (χ2v) is 5.74. The Morgan fingerprint density at radius 1 is 0.875 bits per heavy atom. The van der Waals surface area contributed by atoms with Crippen LogP contribution in [0.3, 0.4) is 0 Å². The number of amides is 1. The lowest BCUT2D eigenvalue weighted by Crippen LogP contribution is -2.21. The summed E-state index contributed by atoms with van der Waals surface area (Å²) in [6.45, 7) is 6.22. The number of hydrogen-bond acceptors (Lipinski definition) is 2. The quantitative estimate of drug-likeness (QED) is 0.723. The first-order valence-corrected chi connectivity index (χ1v) is 8.36. The molecule has 0 bridgehead atoms. The number of benzene rings is 3. The van der Waals surface area contributed by atoms with Crippen LogP contribution in [0.15, 0.2) is 66.7 Å². The van der Waals surface area contributed by atoms with Gasteiger partial charge in [-0.05, 0) is 61.0 Å². The molecule has 0 radical (unpaired) electrons. The summed E-state index contributed by atoms with van der Waals surface area (Å²) in [6, 6.07) is 21.8. The van der Waals surface area contributed by atoms with Gasteiger partial charge in [-0.15, -0.1) is 0 Å². The minimum absolute atomic E-state index is 0.0867. The van der Waals surface area contributed by atoms with Gasteiger partial charge in [0.1, 0.15) is 0 Å². The molecule has 3 heteroatoms. The Labute approximate surface area is 142 Å². The standard InChI is InChI=1S/C21H22N2O/c1-3-23(4-2)20-13-11-19(12-14-20)22-21(24)18-10-9-16-7-5-6-8-17(16)15-18/h5-15H,3-4H2,1-2H3,(H,22,24). The van der Waals surface area contributed by atoms with Crippen LogP contribution in [0.4, 0.5) is 11.4 Å². The van der Waals surface area contributed by atoms with Gasteiger partial charge in [-0.2, -0.15) is 0 Å². The highest BCUT2D eigenvalue weighted by Crippen LogP contribution is 2.20. The van der Waals surface area contributed by atoms with E-state index in [2.05, 4.69) is 24.1 Å². The molecule has 0 aliphatic rings. The summed E-state index contributed by atoms with van der Waals surface area (Å²) in [5.41, 5.74) is 2.65. The smallest absolute Gasteiger partial charge is 0.255 e. The zero-order valence-electron chi connectivity index (χ0n) is 14.1. The Balaban J connectivity index is 1.76. The van der Waals surface area contributed by atoms with Gasteiger partial charge in [0.15, 0.2) is 0 Å². The van der Waals surface area contributed by atoms with Crippen LogP contribution in [0, 0.1) is 0 Å². The number of nitrogens with zero attached hydrogens (tertiary/aromatic N) is 1. The van der Waals surface area contributed by atoms with E-state index in [4.69, 9.17) is 0 Å². The largest absolute Gasteiger partial charge is 0.372 e. The van der Waals surface area contributed by atoms with Crippen molar-refractivity contribution >= 4 is 28.1 Å². The molecule has 3 nitrogen and oxygen atoms in total. The highest BCUT2D eigenvalue weighted by atomic mass is 16.1. The maximum Gasteiger partial charge on any atom is 0.255 e. The Morgan fingerprint density at radius 2 is 1.54 bits per heavy atom. The molecule has 1 N–H and O–H groups in total. The lowest BCUT2D eigenvalue weighted by atomic mass is 10.1. The van der Waals surface area contributed by atoms with Crippen molar-refractivity contribution in [1.29, 1.82) is 0 Å². The van der Waals surface area contributed by atoms with Crippen molar-refractivity contribution in [1.82, 2.24) is 0 Å². The van der Waals surface area contributed by atoms with E-state index < -0.39 is 0 Å². The van der Waals surface area contributed by atoms with Gasteiger partial charge >= 0.3 is 0 Å². The first-order chi connectivity index (χ1) is 11.7. The predicted octanol–water partition coefficient (Wildman–Crippen LogP) is 4.94. The van der Waals surface area contributed by atoms with Crippen LogP contribution in [-0.4, -0.2) is 19.0 Å². The molecule has 0 unspecified atom stereocenters. The molecule has 0 spiro atoms. The summed E-state index contributed by atoms with van der Waals surface area (Å²) in [6.07, 6.45) is 0. The third-order valence-corrected chi connectivity index (χ3v) is 4.27. The van der Waals surface area contributed by atoms with Crippen LogP contribution in [0.1, 0.15) is 24.2 Å². The molecular weight excluding hydrogens is 296 g/mol. The summed E-state index contributed by atoms with van der Waals surface area (Å²) in [5.74, 6) is -0.0867. The molecule has 0 heterocycles. The van der Waals surface area contributed by atoms with Crippen LogP contribution < -0.4 is 10.2 Å². The van der Waals surface area contributed by atoms with E-state index in [1.807, 2.05) is 66.7 Å². The summed E-state index contributed by atoms with van der Waals surface area (Å²) in [7, 11) is 0. The Morgan fingerprint density at radius 3 is 2.21 bits per heavy atom. The van der Waals surface area contributed by atoms with Gasteiger partial charge in [0.2, 0.25) is 0 Å². The van der Waals surface area contributed by atoms with E-state index >= 15 is 0 Å². The van der Waals surface area contributed by atoms with Gasteiger partial charge in [0, 0.05) is 30.0 Å². The highest BCUT2D eigenvalue weighted by molar-refractivity contribution is 6.06. The molecule has 0 aromatic heterocycles. The molecule has 0 aliphatic heterocycles. The fraction of sp³-hybridized carbons (Fsp3) is 0.190. The maximum absolute atomic E-state index is 12.5. The van der Waals surface area contributed by atoms with E-state index in [9.17, 15) is 4.79 Å². The van der Waals surface area contributed by atoms with Crippen molar-refractivity contribution in [3.05, 3.63) is 72.3 Å². The van der Waals surface area contributed by atoms with Crippen molar-refractivity contribution in [3.8, 4) is 0 Å². The first kappa shape index (κ1) is 16.1. The third-order valence-electron chi connectivity index (χ3n) is 4.27. The summed E-state index contributed by atoms with van der Waals surface area (Å²) in [4.78, 5) is 14.7. The van der Waals surface area contributed by atoms with Crippen molar-refractivity contribution in [2.45, 2.75) is 13.8 Å². The third kappa shape index (κ3) is 3.40. The van der Waals surface area contributed by atoms with Gasteiger partial charge in [-0.25, -0.2) is 0 Å². The lowest BCUT2D eigenvalue weighted by molar-refractivity contribution is 0.102. The van der Waals surface area contributed by atoms with Crippen LogP contribution >= 0.6 is 0 Å². The fourth-order valence-electron chi connectivity index (χ4n) is 2.88. The number of nitrogens with one attached hydrogen (secondary N) is 1. The van der Waals surface area contributed by atoms with E-state index in [1.165, 1.54) is 5.69 Å². The van der Waals surface area contributed by atoms with Gasteiger partial charge in [0.05, 0.1) is 0 Å². The van der Waals surface area contributed by atoms with E-state index in [0.29, 0.717) is 5.56 Å². The van der Waals surface area contributed by atoms with Crippen molar-refractivity contribution in [3.63, 3.8) is 0 Å². The number of anilines is 2. The molecule has 3 aromatic rings. The van der Waals surface area contributed by atoms with Crippen molar-refractivity contribution in [2.24, 2.45) is 0 Å². The molecule has 0 saturated heterocycles. The normalized spacial score (nSPS) is 10.6. The summed E-state index contributed by atoms with van der Waals surface area (Å²) < 4.78 is 0. The topological polar surface area (TPSA) is 32.3 Å². The monoisotopic (exact) mass is 318 g/mol. The van der Waals surface area contributed by atoms with Crippen LogP contribution in [-0.2, 0) is 0 Å². The maximum atomic E-state index is 12.5. The zero-order chi connectivity index (χ0) is 16.9. The second kappa shape index (κ2) is 7.18. The minimum Gasteiger partial charge on any atom is -0.372 e.